The van der Waals surface area contributed by atoms with Gasteiger partial charge in [-0.15, -0.1) is 5.56 Å². The van der Waals surface area contributed by atoms with Gasteiger partial charge in [0.1, 0.15) is 0 Å². The third kappa shape index (κ3) is 6.12. The molecule has 0 bridgehead atoms. The van der Waals surface area contributed by atoms with E-state index in [2.05, 4.69) is 11.4 Å². The minimum absolute atomic E-state index is 0. The van der Waals surface area contributed by atoms with E-state index in [1.807, 2.05) is 0 Å². The Kier molecular flexibility index (Phi) is 9.41. The van der Waals surface area contributed by atoms with E-state index in [1.165, 1.54) is 6.07 Å². The van der Waals surface area contributed by atoms with Gasteiger partial charge in [0.05, 0.1) is 19.6 Å². The Morgan fingerprint density at radius 3 is 2.71 bits per heavy atom. The first-order chi connectivity index (χ1) is 9.49. The van der Waals surface area contributed by atoms with Crippen LogP contribution < -0.4 is 11.1 Å². The van der Waals surface area contributed by atoms with Crippen molar-refractivity contribution in [1.82, 2.24) is 5.32 Å². The van der Waals surface area contributed by atoms with Crippen LogP contribution in [0.4, 0.5) is 0 Å². The molecule has 0 fully saturated rings. The largest absolute Gasteiger partial charge is 3.00 e. The number of phenols is 1. The van der Waals surface area contributed by atoms with Gasteiger partial charge in [-0.2, -0.15) is 18.2 Å². The van der Waals surface area contributed by atoms with E-state index >= 15 is 0 Å². The van der Waals surface area contributed by atoms with Gasteiger partial charge in [0.2, 0.25) is 5.91 Å². The summed E-state index contributed by atoms with van der Waals surface area (Å²) >= 11 is 0. The van der Waals surface area contributed by atoms with Crippen LogP contribution in [-0.4, -0.2) is 30.1 Å². The van der Waals surface area contributed by atoms with Crippen LogP contribution >= 0.6 is 0 Å². The minimum atomic E-state index is -0.693. The molecule has 1 atom stereocenters. The number of nitrogens with one attached hydrogen (secondary N) is 1. The van der Waals surface area contributed by atoms with Gasteiger partial charge in [-0.1, -0.05) is 12.5 Å². The molecule has 0 radical (unpaired) electrons. The zero-order chi connectivity index (χ0) is 15.1. The van der Waals surface area contributed by atoms with E-state index in [-0.39, 0.29) is 58.0 Å². The van der Waals surface area contributed by atoms with Crippen LogP contribution in [0.15, 0.2) is 12.1 Å². The number of hydrogen-bond acceptors (Lipinski definition) is 5. The van der Waals surface area contributed by atoms with Gasteiger partial charge < -0.3 is 20.9 Å². The number of rotatable bonds is 6. The number of ether oxygens (including phenoxy) is 1. The normalized spacial score (nSPS) is 11.2. The van der Waals surface area contributed by atoms with Crippen molar-refractivity contribution in [2.75, 3.05) is 13.2 Å². The molecule has 0 aliphatic carbocycles. The smallest absolute Gasteiger partial charge is 0.533 e. The van der Waals surface area contributed by atoms with Crippen molar-refractivity contribution < 1.29 is 52.1 Å². The Labute approximate surface area is 149 Å². The van der Waals surface area contributed by atoms with E-state index in [4.69, 9.17) is 10.5 Å². The van der Waals surface area contributed by atoms with Crippen LogP contribution in [0.3, 0.4) is 0 Å². The minimum Gasteiger partial charge on any atom is -0.533 e. The van der Waals surface area contributed by atoms with Gasteiger partial charge in [0.25, 0.3) is 0 Å². The second-order valence-corrected chi connectivity index (χ2v) is 4.28. The molecule has 1 unspecified atom stereocenters. The van der Waals surface area contributed by atoms with E-state index in [0.717, 1.165) is 0 Å². The molecule has 4 N–H and O–H groups in total. The first-order valence-corrected chi connectivity index (χ1v) is 6.34. The molecule has 0 spiro atoms. The molecule has 0 aliphatic rings. The molecule has 1 amide bonds. The predicted octanol–water partition coefficient (Wildman–Crippen LogP) is 0.568. The summed E-state index contributed by atoms with van der Waals surface area (Å²) in [5.74, 6) is -0.855. The molecule has 1 aromatic carbocycles. The van der Waals surface area contributed by atoms with Gasteiger partial charge in [-0.3, -0.25) is 9.59 Å². The molecule has 0 saturated carbocycles. The van der Waals surface area contributed by atoms with Crippen LogP contribution in [0.2, 0.25) is 0 Å². The molecule has 1 rings (SSSR count). The molecule has 0 saturated heterocycles. The summed E-state index contributed by atoms with van der Waals surface area (Å²) in [5, 5.41) is 12.6. The van der Waals surface area contributed by atoms with Crippen LogP contribution in [0.1, 0.15) is 30.5 Å². The predicted molar refractivity (Wildman–Crippen MR) is 72.9 cm³/mol. The van der Waals surface area contributed by atoms with Crippen molar-refractivity contribution >= 4 is 11.9 Å². The zero-order valence-corrected chi connectivity index (χ0v) is 15.0. The Balaban J connectivity index is 0.00000400. The molecule has 110 valence electrons. The molecule has 0 heterocycles. The van der Waals surface area contributed by atoms with Crippen molar-refractivity contribution in [3.63, 3.8) is 0 Å². The van der Waals surface area contributed by atoms with E-state index in [1.54, 1.807) is 19.9 Å². The van der Waals surface area contributed by atoms with E-state index in [9.17, 15) is 14.7 Å². The molecule has 21 heavy (non-hydrogen) atoms. The van der Waals surface area contributed by atoms with Crippen LogP contribution in [0.25, 0.3) is 0 Å². The number of phenolic OH excluding ortho intramolecular Hbond substituents is 1. The molecule has 6 nitrogen and oxygen atoms in total. The summed E-state index contributed by atoms with van der Waals surface area (Å²) in [6.07, 6.45) is -0.0789. The molecule has 1 aromatic rings. The van der Waals surface area contributed by atoms with Gasteiger partial charge in [0.15, 0.2) is 0 Å². The molecule has 0 aliphatic heterocycles. The molecular weight excluding hydrogens is 349 g/mol. The fraction of sp³-hybridized carbons (Fsp3) is 0.429. The summed E-state index contributed by atoms with van der Waals surface area (Å²) in [6, 6.07) is 5.31. The number of esters is 1. The Hall–Kier alpha value is -0.976. The first-order valence-electron chi connectivity index (χ1n) is 6.34. The van der Waals surface area contributed by atoms with E-state index in [0.29, 0.717) is 11.1 Å². The number of carbonyl (C=O) groups is 2. The number of carbonyl (C=O) groups excluding carboxylic acids is 2. The maximum atomic E-state index is 11.6. The molecule has 7 heteroatoms. The molecule has 0 aromatic heterocycles. The Morgan fingerprint density at radius 1 is 1.48 bits per heavy atom. The second kappa shape index (κ2) is 9.87. The average molecular weight is 368 g/mol. The van der Waals surface area contributed by atoms with Gasteiger partial charge in [-0.25, -0.2) is 0 Å². The third-order valence-corrected chi connectivity index (χ3v) is 2.76. The van der Waals surface area contributed by atoms with Crippen molar-refractivity contribution in [2.45, 2.75) is 26.3 Å². The quantitative estimate of drug-likeness (QED) is 0.503. The number of aromatic hydroxyl groups is 1. The SMILES string of the molecule is CCOC(=O)CC(NC(=O)CN)c1c[c-]cc(C)c1O.[Y+3]. The molecular formula is C14H19N2O4Y+2. The number of amides is 1. The monoisotopic (exact) mass is 368 g/mol. The van der Waals surface area contributed by atoms with Gasteiger partial charge in [0, 0.05) is 11.8 Å². The van der Waals surface area contributed by atoms with Crippen molar-refractivity contribution in [3.8, 4) is 5.75 Å². The summed E-state index contributed by atoms with van der Waals surface area (Å²) < 4.78 is 4.87. The fourth-order valence-electron chi connectivity index (χ4n) is 1.77. The van der Waals surface area contributed by atoms with Crippen molar-refractivity contribution in [1.29, 1.82) is 0 Å². The number of benzene rings is 1. The van der Waals surface area contributed by atoms with E-state index < -0.39 is 17.9 Å². The van der Waals surface area contributed by atoms with Gasteiger partial charge >= 0.3 is 38.7 Å². The fourth-order valence-corrected chi connectivity index (χ4v) is 1.77. The maximum Gasteiger partial charge on any atom is 3.00 e. The van der Waals surface area contributed by atoms with Crippen LogP contribution in [-0.2, 0) is 47.0 Å². The number of nitrogens with two attached hydrogens (primary N) is 1. The average Bonchev–Trinajstić information content (AvgIpc) is 2.41. The zero-order valence-electron chi connectivity index (χ0n) is 12.2. The first kappa shape index (κ1) is 20.0. The summed E-state index contributed by atoms with van der Waals surface area (Å²) in [5.41, 5.74) is 6.28. The van der Waals surface area contributed by atoms with Crippen LogP contribution in [0, 0.1) is 13.0 Å². The third-order valence-electron chi connectivity index (χ3n) is 2.76. The topological polar surface area (TPSA) is 102 Å². The second-order valence-electron chi connectivity index (χ2n) is 4.28. The van der Waals surface area contributed by atoms with Gasteiger partial charge in [-0.05, 0) is 6.92 Å². The Bertz CT molecular complexity index is 494. The number of aryl methyl sites for hydroxylation is 1. The van der Waals surface area contributed by atoms with Crippen LogP contribution in [0.5, 0.6) is 5.75 Å². The summed E-state index contributed by atoms with van der Waals surface area (Å²) in [7, 11) is 0. The van der Waals surface area contributed by atoms with Crippen molar-refractivity contribution in [3.05, 3.63) is 29.3 Å². The number of hydrogen-bond donors (Lipinski definition) is 3. The van der Waals surface area contributed by atoms with Crippen molar-refractivity contribution in [2.24, 2.45) is 5.73 Å². The standard InChI is InChI=1S/C14H19N2O4.Y/c1-3-20-13(18)7-11(16-12(17)8-15)10-6-4-5-9(2)14(10)19;/h5-6,11,19H,3,7-8,15H2,1-2H3,(H,16,17);/q-1;+3. The Morgan fingerprint density at radius 2 is 2.14 bits per heavy atom. The summed E-state index contributed by atoms with van der Waals surface area (Å²) in [4.78, 5) is 23.0. The maximum absolute atomic E-state index is 11.6. The summed E-state index contributed by atoms with van der Waals surface area (Å²) in [6.45, 7) is 3.46.